The van der Waals surface area contributed by atoms with E-state index in [9.17, 15) is 17.6 Å². The summed E-state index contributed by atoms with van der Waals surface area (Å²) in [4.78, 5) is 15.5. The first-order valence-corrected chi connectivity index (χ1v) is 7.49. The van der Waals surface area contributed by atoms with Crippen molar-refractivity contribution in [2.45, 2.75) is 5.03 Å². The molecular formula is C13H11FN2O3S. The Labute approximate surface area is 115 Å². The zero-order valence-electron chi connectivity index (χ0n) is 10.5. The fraction of sp³-hybridized carbons (Fsp3) is 0.0769. The second kappa shape index (κ2) is 5.38. The number of pyridine rings is 1. The Balaban J connectivity index is 2.19. The fourth-order valence-electron chi connectivity index (χ4n) is 1.52. The summed E-state index contributed by atoms with van der Waals surface area (Å²) in [7, 11) is -3.39. The van der Waals surface area contributed by atoms with Crippen molar-refractivity contribution in [3.8, 4) is 0 Å². The van der Waals surface area contributed by atoms with Crippen LogP contribution in [0.15, 0.2) is 47.6 Å². The summed E-state index contributed by atoms with van der Waals surface area (Å²) in [5, 5.41) is 2.35. The molecule has 0 aliphatic carbocycles. The third kappa shape index (κ3) is 3.18. The number of nitrogens with zero attached hydrogens (tertiary/aromatic N) is 1. The fourth-order valence-corrected chi connectivity index (χ4v) is 2.08. The molecule has 2 rings (SSSR count). The molecule has 0 bridgehead atoms. The molecule has 1 heterocycles. The molecule has 0 aliphatic rings. The van der Waals surface area contributed by atoms with E-state index in [0.29, 0.717) is 0 Å². The SMILES string of the molecule is CS(=O)(=O)c1ccc(NC(=O)c2ccccc2F)cn1. The molecule has 0 saturated carbocycles. The van der Waals surface area contributed by atoms with E-state index in [1.807, 2.05) is 0 Å². The molecule has 0 radical (unpaired) electrons. The van der Waals surface area contributed by atoms with E-state index >= 15 is 0 Å². The highest BCUT2D eigenvalue weighted by Gasteiger charge is 2.12. The Morgan fingerprint density at radius 1 is 1.20 bits per heavy atom. The third-order valence-electron chi connectivity index (χ3n) is 2.49. The minimum absolute atomic E-state index is 0.0959. The quantitative estimate of drug-likeness (QED) is 0.937. The van der Waals surface area contributed by atoms with Gasteiger partial charge >= 0.3 is 0 Å². The standard InChI is InChI=1S/C13H11FN2O3S/c1-20(18,19)12-7-6-9(8-15-12)16-13(17)10-4-2-3-5-11(10)14/h2-8H,1H3,(H,16,17). The van der Waals surface area contributed by atoms with Crippen molar-refractivity contribution < 1.29 is 17.6 Å². The monoisotopic (exact) mass is 294 g/mol. The molecule has 1 aromatic carbocycles. The first-order valence-electron chi connectivity index (χ1n) is 5.60. The van der Waals surface area contributed by atoms with Crippen molar-refractivity contribution in [2.75, 3.05) is 11.6 Å². The van der Waals surface area contributed by atoms with Crippen LogP contribution in [-0.2, 0) is 9.84 Å². The minimum Gasteiger partial charge on any atom is -0.320 e. The van der Waals surface area contributed by atoms with Crippen LogP contribution < -0.4 is 5.32 Å². The van der Waals surface area contributed by atoms with Crippen LogP contribution in [0.1, 0.15) is 10.4 Å². The summed E-state index contributed by atoms with van der Waals surface area (Å²) >= 11 is 0. The number of halogens is 1. The molecule has 2 aromatic rings. The molecule has 0 atom stereocenters. The van der Waals surface area contributed by atoms with Gasteiger partial charge in [-0.2, -0.15) is 0 Å². The van der Waals surface area contributed by atoms with Crippen molar-refractivity contribution in [3.63, 3.8) is 0 Å². The number of carbonyl (C=O) groups is 1. The van der Waals surface area contributed by atoms with Crippen molar-refractivity contribution in [1.29, 1.82) is 0 Å². The minimum atomic E-state index is -3.39. The van der Waals surface area contributed by atoms with E-state index in [1.54, 1.807) is 6.07 Å². The van der Waals surface area contributed by atoms with Crippen molar-refractivity contribution in [3.05, 3.63) is 54.0 Å². The third-order valence-corrected chi connectivity index (χ3v) is 3.49. The molecule has 5 nitrogen and oxygen atoms in total. The summed E-state index contributed by atoms with van der Waals surface area (Å²) < 4.78 is 35.9. The Hall–Kier alpha value is -2.28. The molecule has 0 saturated heterocycles. The Morgan fingerprint density at radius 3 is 2.45 bits per heavy atom. The highest BCUT2D eigenvalue weighted by Crippen LogP contribution is 2.13. The lowest BCUT2D eigenvalue weighted by Crippen LogP contribution is -2.14. The number of aromatic nitrogens is 1. The van der Waals surface area contributed by atoms with Gasteiger partial charge in [0.05, 0.1) is 17.4 Å². The number of carbonyl (C=O) groups excluding carboxylic acids is 1. The Kier molecular flexibility index (Phi) is 3.80. The first kappa shape index (κ1) is 14.1. The average Bonchev–Trinajstić information content (AvgIpc) is 2.38. The lowest BCUT2D eigenvalue weighted by molar-refractivity contribution is 0.102. The van der Waals surface area contributed by atoms with E-state index in [0.717, 1.165) is 6.26 Å². The molecule has 104 valence electrons. The highest BCUT2D eigenvalue weighted by molar-refractivity contribution is 7.90. The van der Waals surface area contributed by atoms with Crippen LogP contribution in [0.25, 0.3) is 0 Å². The zero-order valence-corrected chi connectivity index (χ0v) is 11.3. The predicted molar refractivity (Wildman–Crippen MR) is 71.7 cm³/mol. The molecule has 0 aliphatic heterocycles. The number of nitrogens with one attached hydrogen (secondary N) is 1. The number of sulfone groups is 1. The molecule has 0 fully saturated rings. The van der Waals surface area contributed by atoms with E-state index in [1.165, 1.54) is 36.5 Å². The molecule has 1 amide bonds. The van der Waals surface area contributed by atoms with Crippen molar-refractivity contribution >= 4 is 21.4 Å². The van der Waals surface area contributed by atoms with E-state index in [-0.39, 0.29) is 16.3 Å². The van der Waals surface area contributed by atoms with Gasteiger partial charge in [-0.3, -0.25) is 4.79 Å². The van der Waals surface area contributed by atoms with Gasteiger partial charge in [-0.25, -0.2) is 17.8 Å². The van der Waals surface area contributed by atoms with Gasteiger partial charge in [0.2, 0.25) is 0 Å². The predicted octanol–water partition coefficient (Wildman–Crippen LogP) is 1.88. The van der Waals surface area contributed by atoms with Crippen LogP contribution in [0, 0.1) is 5.82 Å². The highest BCUT2D eigenvalue weighted by atomic mass is 32.2. The van der Waals surface area contributed by atoms with Gasteiger partial charge in [0, 0.05) is 6.26 Å². The van der Waals surface area contributed by atoms with Crippen molar-refractivity contribution in [2.24, 2.45) is 0 Å². The van der Waals surface area contributed by atoms with Crippen LogP contribution in [0.4, 0.5) is 10.1 Å². The van der Waals surface area contributed by atoms with Gasteiger partial charge in [-0.05, 0) is 24.3 Å². The topological polar surface area (TPSA) is 76.1 Å². The van der Waals surface area contributed by atoms with Crippen LogP contribution >= 0.6 is 0 Å². The molecule has 1 N–H and O–H groups in total. The van der Waals surface area contributed by atoms with Crippen molar-refractivity contribution in [1.82, 2.24) is 4.98 Å². The number of amides is 1. The molecular weight excluding hydrogens is 283 g/mol. The summed E-state index contributed by atoms with van der Waals surface area (Å²) in [5.41, 5.74) is 0.186. The van der Waals surface area contributed by atoms with Gasteiger partial charge in [0.25, 0.3) is 5.91 Å². The van der Waals surface area contributed by atoms with E-state index < -0.39 is 21.6 Å². The van der Waals surface area contributed by atoms with E-state index in [4.69, 9.17) is 0 Å². The van der Waals surface area contributed by atoms with Crippen LogP contribution in [-0.4, -0.2) is 25.6 Å². The van der Waals surface area contributed by atoms with Gasteiger partial charge < -0.3 is 5.32 Å². The van der Waals surface area contributed by atoms with Crippen LogP contribution in [0.3, 0.4) is 0 Å². The molecule has 20 heavy (non-hydrogen) atoms. The van der Waals surface area contributed by atoms with Gasteiger partial charge in [-0.15, -0.1) is 0 Å². The maximum absolute atomic E-state index is 13.4. The van der Waals surface area contributed by atoms with E-state index in [2.05, 4.69) is 10.3 Å². The zero-order chi connectivity index (χ0) is 14.8. The van der Waals surface area contributed by atoms with Gasteiger partial charge in [-0.1, -0.05) is 12.1 Å². The number of benzene rings is 1. The average molecular weight is 294 g/mol. The summed E-state index contributed by atoms with van der Waals surface area (Å²) in [5.74, 6) is -1.26. The largest absolute Gasteiger partial charge is 0.320 e. The lowest BCUT2D eigenvalue weighted by Gasteiger charge is -2.06. The number of hydrogen-bond acceptors (Lipinski definition) is 4. The van der Waals surface area contributed by atoms with Crippen LogP contribution in [0.5, 0.6) is 0 Å². The number of hydrogen-bond donors (Lipinski definition) is 1. The second-order valence-electron chi connectivity index (χ2n) is 4.09. The Bertz CT molecular complexity index is 742. The molecule has 1 aromatic heterocycles. The maximum atomic E-state index is 13.4. The lowest BCUT2D eigenvalue weighted by atomic mass is 10.2. The van der Waals surface area contributed by atoms with Gasteiger partial charge in [0.15, 0.2) is 14.9 Å². The van der Waals surface area contributed by atoms with Gasteiger partial charge in [0.1, 0.15) is 5.82 Å². The Morgan fingerprint density at radius 2 is 1.90 bits per heavy atom. The maximum Gasteiger partial charge on any atom is 0.258 e. The summed E-state index contributed by atoms with van der Waals surface area (Å²) in [6.45, 7) is 0. The smallest absolute Gasteiger partial charge is 0.258 e. The molecule has 0 spiro atoms. The summed E-state index contributed by atoms with van der Waals surface area (Å²) in [6.07, 6.45) is 2.24. The molecule has 0 unspecified atom stereocenters. The normalized spacial score (nSPS) is 11.1. The van der Waals surface area contributed by atoms with Crippen LogP contribution in [0.2, 0.25) is 0 Å². The summed E-state index contributed by atoms with van der Waals surface area (Å²) in [6, 6.07) is 8.22. The number of anilines is 1. The molecule has 7 heteroatoms. The first-order chi connectivity index (χ1) is 9.38. The second-order valence-corrected chi connectivity index (χ2v) is 6.05. The number of rotatable bonds is 3.